The highest BCUT2D eigenvalue weighted by Crippen LogP contribution is 2.36. The van der Waals surface area contributed by atoms with E-state index in [4.69, 9.17) is 15.2 Å². The molecule has 1 amide bonds. The van der Waals surface area contributed by atoms with Crippen LogP contribution in [-0.4, -0.2) is 22.7 Å². The van der Waals surface area contributed by atoms with Gasteiger partial charge in [-0.05, 0) is 11.5 Å². The van der Waals surface area contributed by atoms with Crippen LogP contribution < -0.4 is 10.5 Å². The fraction of sp³-hybridized carbons (Fsp3) is 0.385. The maximum Gasteiger partial charge on any atom is 0.402 e. The Kier molecular flexibility index (Phi) is 6.87. The number of rotatable bonds is 3. The van der Waals surface area contributed by atoms with Crippen molar-refractivity contribution in [3.63, 3.8) is 0 Å². The fourth-order valence-electron chi connectivity index (χ4n) is 1.60. The van der Waals surface area contributed by atoms with Crippen LogP contribution in [0.15, 0.2) is 12.1 Å². The summed E-state index contributed by atoms with van der Waals surface area (Å²) in [6, 6.07) is 3.70. The summed E-state index contributed by atoms with van der Waals surface area (Å²) < 4.78 is 28.7. The molecule has 0 bridgehead atoms. The second-order valence-electron chi connectivity index (χ2n) is 5.20. The second kappa shape index (κ2) is 7.88. The summed E-state index contributed by atoms with van der Waals surface area (Å²) in [7, 11) is 0. The number of nitro benzene ring substituents is 1. The van der Waals surface area contributed by atoms with E-state index in [0.717, 1.165) is 12.1 Å². The Hall–Kier alpha value is -2.96. The fourth-order valence-corrected chi connectivity index (χ4v) is 1.60. The smallest absolute Gasteiger partial charge is 0.402 e. The lowest BCUT2D eigenvalue weighted by Crippen LogP contribution is -2.15. The molecule has 23 heavy (non-hydrogen) atoms. The van der Waals surface area contributed by atoms with Gasteiger partial charge in [0.25, 0.3) is 5.69 Å². The molecular formula is C13H15F2N3O5. The van der Waals surface area contributed by atoms with E-state index in [9.17, 15) is 18.9 Å². The van der Waals surface area contributed by atoms with Gasteiger partial charge in [-0.15, -0.1) is 0 Å². The van der Waals surface area contributed by atoms with Crippen LogP contribution in [0.3, 0.4) is 0 Å². The van der Waals surface area contributed by atoms with Gasteiger partial charge in [-0.1, -0.05) is 20.8 Å². The summed E-state index contributed by atoms with van der Waals surface area (Å²) in [4.78, 5) is 19.1. The number of hydrogen-bond donors (Lipinski definition) is 2. The van der Waals surface area contributed by atoms with E-state index in [2.05, 4.69) is 10.5 Å². The number of benzene rings is 1. The lowest BCUT2D eigenvalue weighted by Gasteiger charge is -2.20. The largest absolute Gasteiger partial charge is 0.465 e. The van der Waals surface area contributed by atoms with E-state index >= 15 is 0 Å². The lowest BCUT2D eigenvalue weighted by molar-refractivity contribution is -0.386. The average Bonchev–Trinajstić information content (AvgIpc) is 2.35. The van der Waals surface area contributed by atoms with Crippen LogP contribution in [0, 0.1) is 21.4 Å². The summed E-state index contributed by atoms with van der Waals surface area (Å²) in [5.74, 6) is -0.354. The van der Waals surface area contributed by atoms with Gasteiger partial charge in [0.15, 0.2) is 0 Å². The van der Waals surface area contributed by atoms with Crippen LogP contribution in [0.4, 0.5) is 19.3 Å². The molecule has 10 heteroatoms. The number of carboxylic acid groups (broad SMARTS) is 1. The Morgan fingerprint density at radius 3 is 2.26 bits per heavy atom. The third-order valence-corrected chi connectivity index (χ3v) is 2.44. The molecule has 0 atom stereocenters. The molecule has 0 aliphatic carbocycles. The number of nitriles is 1. The predicted molar refractivity (Wildman–Crippen MR) is 75.4 cm³/mol. The Labute approximate surface area is 130 Å². The minimum absolute atomic E-state index is 0.229. The molecule has 0 aliphatic heterocycles. The van der Waals surface area contributed by atoms with Crippen molar-refractivity contribution in [1.82, 2.24) is 0 Å². The summed E-state index contributed by atoms with van der Waals surface area (Å²) >= 11 is 0. The normalized spacial score (nSPS) is 10.3. The molecule has 126 valence electrons. The van der Waals surface area contributed by atoms with E-state index in [1.54, 1.807) is 26.8 Å². The first-order chi connectivity index (χ1) is 10.4. The molecule has 3 N–H and O–H groups in total. The van der Waals surface area contributed by atoms with Crippen LogP contribution in [-0.2, 0) is 5.41 Å². The van der Waals surface area contributed by atoms with Crippen molar-refractivity contribution in [3.05, 3.63) is 33.4 Å². The first-order valence-corrected chi connectivity index (χ1v) is 6.06. The van der Waals surface area contributed by atoms with Gasteiger partial charge in [0.05, 0.1) is 4.92 Å². The monoisotopic (exact) mass is 331 g/mol. The number of nitrogens with two attached hydrogens (primary N) is 1. The second-order valence-corrected chi connectivity index (χ2v) is 5.20. The highest BCUT2D eigenvalue weighted by molar-refractivity contribution is 5.61. The molecule has 0 spiro atoms. The molecule has 0 unspecified atom stereocenters. The van der Waals surface area contributed by atoms with Crippen LogP contribution in [0.25, 0.3) is 0 Å². The van der Waals surface area contributed by atoms with Crippen molar-refractivity contribution in [1.29, 1.82) is 5.26 Å². The van der Waals surface area contributed by atoms with Crippen LogP contribution in [0.1, 0.15) is 31.9 Å². The zero-order valence-electron chi connectivity index (χ0n) is 12.5. The van der Waals surface area contributed by atoms with Crippen LogP contribution in [0.2, 0.25) is 0 Å². The highest BCUT2D eigenvalue weighted by atomic mass is 19.3. The standard InChI is InChI=1S/C12H12F2N2O3.CH3NO2/c1-12(2,3)8-5-10(19-11(13)14)7(6-15)4-9(8)16(17)18;2-1(3)4/h4-5,11H,1-3H3;2H2,(H,3,4). The van der Waals surface area contributed by atoms with Crippen LogP contribution in [0.5, 0.6) is 5.75 Å². The number of halogens is 2. The van der Waals surface area contributed by atoms with Gasteiger partial charge in [-0.3, -0.25) is 10.1 Å². The molecule has 0 radical (unpaired) electrons. The van der Waals surface area contributed by atoms with E-state index in [-0.39, 0.29) is 22.6 Å². The van der Waals surface area contributed by atoms with Gasteiger partial charge in [-0.2, -0.15) is 14.0 Å². The Balaban J connectivity index is 0.00000108. The SMILES string of the molecule is CC(C)(C)c1cc(OC(F)F)c(C#N)cc1[N+](=O)[O-].NC(=O)O. The topological polar surface area (TPSA) is 139 Å². The van der Waals surface area contributed by atoms with Gasteiger partial charge in [0.2, 0.25) is 0 Å². The number of carbonyl (C=O) groups is 1. The lowest BCUT2D eigenvalue weighted by atomic mass is 9.85. The molecule has 1 rings (SSSR count). The zero-order valence-corrected chi connectivity index (χ0v) is 12.5. The van der Waals surface area contributed by atoms with Crippen molar-refractivity contribution in [2.75, 3.05) is 0 Å². The molecule has 0 aromatic heterocycles. The van der Waals surface area contributed by atoms with Gasteiger partial charge < -0.3 is 15.6 Å². The number of hydrogen-bond acceptors (Lipinski definition) is 5. The first-order valence-electron chi connectivity index (χ1n) is 6.06. The van der Waals surface area contributed by atoms with Crippen molar-refractivity contribution in [2.45, 2.75) is 32.8 Å². The third kappa shape index (κ3) is 6.56. The van der Waals surface area contributed by atoms with Gasteiger partial charge in [0.1, 0.15) is 17.4 Å². The number of amides is 1. The van der Waals surface area contributed by atoms with Crippen molar-refractivity contribution < 1.29 is 28.3 Å². The van der Waals surface area contributed by atoms with Crippen LogP contribution >= 0.6 is 0 Å². The first kappa shape index (κ1) is 20.0. The number of nitro groups is 1. The average molecular weight is 331 g/mol. The summed E-state index contributed by atoms with van der Waals surface area (Å²) in [6.07, 6.45) is -1.33. The highest BCUT2D eigenvalue weighted by Gasteiger charge is 2.28. The van der Waals surface area contributed by atoms with Gasteiger partial charge in [0, 0.05) is 11.6 Å². The van der Waals surface area contributed by atoms with E-state index in [1.165, 1.54) is 0 Å². The number of ether oxygens (including phenoxy) is 1. The van der Waals surface area contributed by atoms with E-state index in [0.29, 0.717) is 0 Å². The minimum Gasteiger partial charge on any atom is -0.465 e. The molecule has 0 fully saturated rings. The van der Waals surface area contributed by atoms with Crippen molar-refractivity contribution in [3.8, 4) is 11.8 Å². The summed E-state index contributed by atoms with van der Waals surface area (Å²) in [5, 5.41) is 27.0. The zero-order chi connectivity index (χ0) is 18.4. The van der Waals surface area contributed by atoms with Crippen molar-refractivity contribution in [2.24, 2.45) is 5.73 Å². The summed E-state index contributed by atoms with van der Waals surface area (Å²) in [5.41, 5.74) is 3.04. The molecule has 0 heterocycles. The molecule has 0 saturated heterocycles. The van der Waals surface area contributed by atoms with Gasteiger partial charge >= 0.3 is 12.7 Å². The molecule has 0 saturated carbocycles. The quantitative estimate of drug-likeness (QED) is 0.644. The Morgan fingerprint density at radius 2 is 1.96 bits per heavy atom. The van der Waals surface area contributed by atoms with E-state index in [1.807, 2.05) is 0 Å². The molecule has 0 aliphatic rings. The number of primary amides is 1. The summed E-state index contributed by atoms with van der Waals surface area (Å²) in [6.45, 7) is 2.01. The predicted octanol–water partition coefficient (Wildman–Crippen LogP) is 2.99. The molecular weight excluding hydrogens is 316 g/mol. The molecule has 1 aromatic carbocycles. The number of alkyl halides is 2. The molecule has 1 aromatic rings. The Bertz CT molecular complexity index is 632. The third-order valence-electron chi connectivity index (χ3n) is 2.44. The maximum absolute atomic E-state index is 12.3. The van der Waals surface area contributed by atoms with Gasteiger partial charge in [-0.25, -0.2) is 4.79 Å². The number of nitrogens with zero attached hydrogens (tertiary/aromatic N) is 2. The maximum atomic E-state index is 12.3. The molecule has 8 nitrogen and oxygen atoms in total. The minimum atomic E-state index is -3.10. The van der Waals surface area contributed by atoms with E-state index < -0.39 is 23.0 Å². The van der Waals surface area contributed by atoms with Crippen molar-refractivity contribution >= 4 is 11.8 Å². The Morgan fingerprint density at radius 1 is 1.48 bits per heavy atom.